The van der Waals surface area contributed by atoms with Gasteiger partial charge in [0, 0.05) is 37.2 Å². The molecular weight excluding hydrogens is 540 g/mol. The standard InChI is InChI=1S/C35H36N4O4/c1-24-11-5-6-12-26(24)27-13-7-8-14-28(27)34(41)36-29-18-17-25(23-32(29)43-4)35(42)39-20-19-33(40)38(22-21-37(2)3)30-15-9-10-16-31(30)39/h5-18,23H,19-22H2,1-4H3,(H,36,41). The van der Waals surface area contributed by atoms with Crippen molar-refractivity contribution in [3.05, 3.63) is 108 Å². The third-order valence-electron chi connectivity index (χ3n) is 7.63. The number of rotatable bonds is 8. The summed E-state index contributed by atoms with van der Waals surface area (Å²) in [6.07, 6.45) is 0.208. The molecule has 0 aromatic heterocycles. The Morgan fingerprint density at radius 1 is 0.884 bits per heavy atom. The van der Waals surface area contributed by atoms with Crippen molar-refractivity contribution in [2.75, 3.05) is 56.0 Å². The van der Waals surface area contributed by atoms with Gasteiger partial charge in [0.1, 0.15) is 5.75 Å². The van der Waals surface area contributed by atoms with Crippen molar-refractivity contribution in [2.24, 2.45) is 0 Å². The highest BCUT2D eigenvalue weighted by Crippen LogP contribution is 2.35. The van der Waals surface area contributed by atoms with Gasteiger partial charge in [0.15, 0.2) is 0 Å². The number of ether oxygens (including phenoxy) is 1. The van der Waals surface area contributed by atoms with Gasteiger partial charge < -0.3 is 24.8 Å². The molecule has 8 nitrogen and oxygen atoms in total. The van der Waals surface area contributed by atoms with E-state index in [4.69, 9.17) is 4.74 Å². The van der Waals surface area contributed by atoms with Crippen molar-refractivity contribution in [2.45, 2.75) is 13.3 Å². The second-order valence-corrected chi connectivity index (χ2v) is 10.8. The molecule has 8 heteroatoms. The van der Waals surface area contributed by atoms with E-state index in [0.29, 0.717) is 47.0 Å². The first-order valence-corrected chi connectivity index (χ1v) is 14.3. The summed E-state index contributed by atoms with van der Waals surface area (Å²) in [7, 11) is 5.43. The van der Waals surface area contributed by atoms with Crippen LogP contribution in [0.5, 0.6) is 5.75 Å². The lowest BCUT2D eigenvalue weighted by Crippen LogP contribution is -2.36. The Labute approximate surface area is 252 Å². The van der Waals surface area contributed by atoms with Gasteiger partial charge in [0.05, 0.1) is 24.2 Å². The first-order valence-electron chi connectivity index (χ1n) is 14.3. The molecule has 0 unspecified atom stereocenters. The van der Waals surface area contributed by atoms with Gasteiger partial charge in [-0.15, -0.1) is 0 Å². The number of anilines is 3. The topological polar surface area (TPSA) is 82.2 Å². The Morgan fingerprint density at radius 2 is 1.56 bits per heavy atom. The minimum Gasteiger partial charge on any atom is -0.495 e. The van der Waals surface area contributed by atoms with Crippen LogP contribution in [0.2, 0.25) is 0 Å². The quantitative estimate of drug-likeness (QED) is 0.284. The summed E-state index contributed by atoms with van der Waals surface area (Å²) < 4.78 is 5.62. The number of para-hydroxylation sites is 2. The molecule has 0 bridgehead atoms. The summed E-state index contributed by atoms with van der Waals surface area (Å²) in [5, 5.41) is 2.97. The van der Waals surface area contributed by atoms with Crippen LogP contribution in [0.15, 0.2) is 91.0 Å². The van der Waals surface area contributed by atoms with Gasteiger partial charge in [0.25, 0.3) is 11.8 Å². The molecule has 1 heterocycles. The third-order valence-corrected chi connectivity index (χ3v) is 7.63. The number of likely N-dealkylation sites (N-methyl/N-ethyl adjacent to an activating group) is 1. The Balaban J connectivity index is 1.42. The van der Waals surface area contributed by atoms with Gasteiger partial charge in [-0.05, 0) is 74.1 Å². The molecule has 220 valence electrons. The average molecular weight is 577 g/mol. The number of benzene rings is 4. The first kappa shape index (κ1) is 29.5. The third kappa shape index (κ3) is 6.29. The van der Waals surface area contributed by atoms with E-state index in [-0.39, 0.29) is 30.7 Å². The van der Waals surface area contributed by atoms with E-state index in [1.807, 2.05) is 92.6 Å². The van der Waals surface area contributed by atoms with E-state index in [9.17, 15) is 14.4 Å². The molecule has 43 heavy (non-hydrogen) atoms. The molecule has 4 aromatic rings. The number of carbonyl (C=O) groups is 3. The van der Waals surface area contributed by atoms with E-state index in [1.165, 1.54) is 7.11 Å². The highest BCUT2D eigenvalue weighted by Gasteiger charge is 2.30. The maximum Gasteiger partial charge on any atom is 0.258 e. The van der Waals surface area contributed by atoms with Crippen molar-refractivity contribution in [3.8, 4) is 16.9 Å². The Morgan fingerprint density at radius 3 is 2.28 bits per heavy atom. The fourth-order valence-electron chi connectivity index (χ4n) is 5.34. The van der Waals surface area contributed by atoms with Gasteiger partial charge in [-0.1, -0.05) is 54.6 Å². The number of fused-ring (bicyclic) bond motifs is 1. The van der Waals surface area contributed by atoms with Gasteiger partial charge in [0.2, 0.25) is 5.91 Å². The molecule has 5 rings (SSSR count). The Bertz CT molecular complexity index is 1670. The van der Waals surface area contributed by atoms with Crippen LogP contribution in [0, 0.1) is 6.92 Å². The maximum absolute atomic E-state index is 13.9. The van der Waals surface area contributed by atoms with Crippen LogP contribution in [-0.4, -0.2) is 63.5 Å². The van der Waals surface area contributed by atoms with Crippen molar-refractivity contribution < 1.29 is 19.1 Å². The zero-order valence-corrected chi connectivity index (χ0v) is 25.0. The van der Waals surface area contributed by atoms with Crippen molar-refractivity contribution >= 4 is 34.8 Å². The Kier molecular flexibility index (Phi) is 8.87. The van der Waals surface area contributed by atoms with Gasteiger partial charge in [-0.25, -0.2) is 0 Å². The number of nitrogens with one attached hydrogen (secondary N) is 1. The second kappa shape index (κ2) is 12.9. The zero-order valence-electron chi connectivity index (χ0n) is 25.0. The smallest absolute Gasteiger partial charge is 0.258 e. The van der Waals surface area contributed by atoms with E-state index in [1.54, 1.807) is 34.1 Å². The molecule has 0 saturated carbocycles. The van der Waals surface area contributed by atoms with Gasteiger partial charge in [-0.2, -0.15) is 0 Å². The highest BCUT2D eigenvalue weighted by molar-refractivity contribution is 6.12. The van der Waals surface area contributed by atoms with E-state index < -0.39 is 0 Å². The fraction of sp³-hybridized carbons (Fsp3) is 0.229. The van der Waals surface area contributed by atoms with Gasteiger partial charge >= 0.3 is 0 Å². The number of amides is 3. The SMILES string of the molecule is COc1cc(C(=O)N2CCC(=O)N(CCN(C)C)c3ccccc32)ccc1NC(=O)c1ccccc1-c1ccccc1C. The predicted octanol–water partition coefficient (Wildman–Crippen LogP) is 5.87. The first-order chi connectivity index (χ1) is 20.8. The lowest BCUT2D eigenvalue weighted by molar-refractivity contribution is -0.118. The number of hydrogen-bond acceptors (Lipinski definition) is 5. The Hall–Kier alpha value is -4.95. The summed E-state index contributed by atoms with van der Waals surface area (Å²) in [6.45, 7) is 3.50. The molecule has 1 aliphatic heterocycles. The molecule has 0 saturated heterocycles. The summed E-state index contributed by atoms with van der Waals surface area (Å²) in [5.41, 5.74) is 5.65. The van der Waals surface area contributed by atoms with Gasteiger partial charge in [-0.3, -0.25) is 14.4 Å². The number of methoxy groups -OCH3 is 1. The summed E-state index contributed by atoms with van der Waals surface area (Å²) in [4.78, 5) is 45.9. The van der Waals surface area contributed by atoms with Crippen LogP contribution in [0.4, 0.5) is 17.1 Å². The van der Waals surface area contributed by atoms with E-state index >= 15 is 0 Å². The average Bonchev–Trinajstić information content (AvgIpc) is 3.15. The normalized spacial score (nSPS) is 13.0. The molecule has 3 amide bonds. The lowest BCUT2D eigenvalue weighted by Gasteiger charge is -2.26. The second-order valence-electron chi connectivity index (χ2n) is 10.8. The van der Waals surface area contributed by atoms with Crippen LogP contribution in [0.25, 0.3) is 11.1 Å². The molecule has 0 aliphatic carbocycles. The number of carbonyl (C=O) groups excluding carboxylic acids is 3. The maximum atomic E-state index is 13.9. The lowest BCUT2D eigenvalue weighted by atomic mass is 9.95. The molecule has 4 aromatic carbocycles. The zero-order chi connectivity index (χ0) is 30.5. The predicted molar refractivity (Wildman–Crippen MR) is 171 cm³/mol. The molecule has 1 aliphatic rings. The van der Waals surface area contributed by atoms with Crippen LogP contribution < -0.4 is 19.9 Å². The molecule has 0 fully saturated rings. The van der Waals surface area contributed by atoms with Crippen LogP contribution in [-0.2, 0) is 4.79 Å². The van der Waals surface area contributed by atoms with E-state index in [0.717, 1.165) is 16.7 Å². The molecule has 1 N–H and O–H groups in total. The molecule has 0 radical (unpaired) electrons. The van der Waals surface area contributed by atoms with Crippen molar-refractivity contribution in [1.29, 1.82) is 0 Å². The molecule has 0 spiro atoms. The number of nitrogens with zero attached hydrogens (tertiary/aromatic N) is 3. The summed E-state index contributed by atoms with van der Waals surface area (Å²) >= 11 is 0. The van der Waals surface area contributed by atoms with Crippen LogP contribution in [0.1, 0.15) is 32.7 Å². The number of aryl methyl sites for hydroxylation is 1. The van der Waals surface area contributed by atoms with Crippen LogP contribution >= 0.6 is 0 Å². The largest absolute Gasteiger partial charge is 0.495 e. The van der Waals surface area contributed by atoms with E-state index in [2.05, 4.69) is 5.32 Å². The fourth-order valence-corrected chi connectivity index (χ4v) is 5.34. The van der Waals surface area contributed by atoms with Crippen LogP contribution in [0.3, 0.4) is 0 Å². The molecule has 0 atom stereocenters. The number of hydrogen-bond donors (Lipinski definition) is 1. The summed E-state index contributed by atoms with van der Waals surface area (Å²) in [5.74, 6) is -0.199. The monoisotopic (exact) mass is 576 g/mol. The van der Waals surface area contributed by atoms with Crippen molar-refractivity contribution in [3.63, 3.8) is 0 Å². The minimum absolute atomic E-state index is 0.0220. The summed E-state index contributed by atoms with van der Waals surface area (Å²) in [6, 6.07) is 27.9. The highest BCUT2D eigenvalue weighted by atomic mass is 16.5. The molecular formula is C35H36N4O4. The van der Waals surface area contributed by atoms with Crippen molar-refractivity contribution in [1.82, 2.24) is 4.90 Å². The minimum atomic E-state index is -0.283.